The predicted octanol–water partition coefficient (Wildman–Crippen LogP) is 3.06. The van der Waals surface area contributed by atoms with Crippen molar-refractivity contribution in [2.24, 2.45) is 5.92 Å². The number of aryl methyl sites for hydroxylation is 3. The van der Waals surface area contributed by atoms with Crippen LogP contribution in [0.5, 0.6) is 0 Å². The minimum Gasteiger partial charge on any atom is -0.480 e. The highest BCUT2D eigenvalue weighted by Crippen LogP contribution is 2.33. The Hall–Kier alpha value is -1.36. The summed E-state index contributed by atoms with van der Waals surface area (Å²) in [6.45, 7) is 4.19. The third-order valence-corrected chi connectivity index (χ3v) is 4.90. The highest BCUT2D eigenvalue weighted by molar-refractivity contribution is 7.12. The molecule has 2 rings (SSSR count). The second-order valence-corrected chi connectivity index (χ2v) is 7.39. The molecule has 1 aliphatic carbocycles. The fraction of sp³-hybridized carbons (Fsp3) is 0.625. The molecule has 1 unspecified atom stereocenters. The Bertz CT molecular complexity index is 520. The van der Waals surface area contributed by atoms with E-state index in [-0.39, 0.29) is 5.91 Å². The van der Waals surface area contributed by atoms with Gasteiger partial charge in [-0.1, -0.05) is 12.8 Å². The number of aliphatic carboxylic acids is 1. The summed E-state index contributed by atoms with van der Waals surface area (Å²) in [6.07, 6.45) is 4.79. The number of thiophene rings is 1. The van der Waals surface area contributed by atoms with Crippen LogP contribution in [0.2, 0.25) is 0 Å². The average molecular weight is 309 g/mol. The maximum absolute atomic E-state index is 11.9. The molecule has 0 aliphatic heterocycles. The minimum absolute atomic E-state index is 0.146. The SMILES string of the molecule is Cc1cc(CCCC(=O)NC(CC2CC2)C(=O)O)c(C)s1. The predicted molar refractivity (Wildman–Crippen MR) is 83.6 cm³/mol. The van der Waals surface area contributed by atoms with Crippen molar-refractivity contribution in [1.29, 1.82) is 0 Å². The molecule has 1 saturated carbocycles. The summed E-state index contributed by atoms with van der Waals surface area (Å²) in [5, 5.41) is 11.8. The summed E-state index contributed by atoms with van der Waals surface area (Å²) in [4.78, 5) is 25.6. The topological polar surface area (TPSA) is 66.4 Å². The second-order valence-electron chi connectivity index (χ2n) is 5.93. The summed E-state index contributed by atoms with van der Waals surface area (Å²) in [5.41, 5.74) is 1.30. The first-order valence-corrected chi connectivity index (χ1v) is 8.35. The van der Waals surface area contributed by atoms with Crippen molar-refractivity contribution in [3.8, 4) is 0 Å². The number of hydrogen-bond donors (Lipinski definition) is 2. The molecule has 1 atom stereocenters. The van der Waals surface area contributed by atoms with Crippen molar-refractivity contribution in [3.63, 3.8) is 0 Å². The lowest BCUT2D eigenvalue weighted by molar-refractivity contribution is -0.142. The Labute approximate surface area is 129 Å². The van der Waals surface area contributed by atoms with Gasteiger partial charge in [0, 0.05) is 16.2 Å². The van der Waals surface area contributed by atoms with E-state index in [0.29, 0.717) is 18.8 Å². The number of carboxylic acid groups (broad SMARTS) is 1. The summed E-state index contributed by atoms with van der Waals surface area (Å²) < 4.78 is 0. The molecule has 0 aromatic carbocycles. The summed E-state index contributed by atoms with van der Waals surface area (Å²) in [5.74, 6) is -0.574. The third-order valence-electron chi connectivity index (χ3n) is 3.89. The number of carbonyl (C=O) groups excluding carboxylic acids is 1. The van der Waals surface area contributed by atoms with Crippen molar-refractivity contribution in [3.05, 3.63) is 21.4 Å². The highest BCUT2D eigenvalue weighted by Gasteiger charge is 2.29. The smallest absolute Gasteiger partial charge is 0.326 e. The van der Waals surface area contributed by atoms with E-state index >= 15 is 0 Å². The number of amides is 1. The quantitative estimate of drug-likeness (QED) is 0.775. The summed E-state index contributed by atoms with van der Waals surface area (Å²) >= 11 is 1.78. The van der Waals surface area contributed by atoms with Gasteiger partial charge in [0.2, 0.25) is 5.91 Å². The fourth-order valence-electron chi connectivity index (χ4n) is 2.55. The van der Waals surface area contributed by atoms with Crippen LogP contribution in [-0.2, 0) is 16.0 Å². The van der Waals surface area contributed by atoms with Crippen LogP contribution in [0.25, 0.3) is 0 Å². The van der Waals surface area contributed by atoms with Crippen molar-refractivity contribution in [2.45, 2.75) is 58.4 Å². The number of rotatable bonds is 8. The van der Waals surface area contributed by atoms with E-state index in [4.69, 9.17) is 5.11 Å². The third kappa shape index (κ3) is 5.16. The van der Waals surface area contributed by atoms with Gasteiger partial charge in [0.05, 0.1) is 0 Å². The summed E-state index contributed by atoms with van der Waals surface area (Å²) in [6, 6.07) is 1.46. The molecule has 1 heterocycles. The van der Waals surface area contributed by atoms with Gasteiger partial charge in [0.15, 0.2) is 0 Å². The second kappa shape index (κ2) is 7.07. The largest absolute Gasteiger partial charge is 0.480 e. The molecule has 116 valence electrons. The van der Waals surface area contributed by atoms with E-state index in [2.05, 4.69) is 25.2 Å². The molecule has 0 saturated heterocycles. The zero-order valence-corrected chi connectivity index (χ0v) is 13.5. The van der Waals surface area contributed by atoms with Crippen molar-refractivity contribution in [2.75, 3.05) is 0 Å². The number of nitrogens with one attached hydrogen (secondary N) is 1. The van der Waals surface area contributed by atoms with Crippen LogP contribution in [0.4, 0.5) is 0 Å². The fourth-order valence-corrected chi connectivity index (χ4v) is 3.52. The molecule has 1 aromatic heterocycles. The molecule has 0 bridgehead atoms. The van der Waals surface area contributed by atoms with Gasteiger partial charge in [-0.25, -0.2) is 4.79 Å². The molecule has 4 nitrogen and oxygen atoms in total. The van der Waals surface area contributed by atoms with Gasteiger partial charge < -0.3 is 10.4 Å². The molecule has 0 spiro atoms. The van der Waals surface area contributed by atoms with Crippen LogP contribution >= 0.6 is 11.3 Å². The molecule has 0 radical (unpaired) electrons. The molecule has 1 fully saturated rings. The van der Waals surface area contributed by atoms with E-state index in [9.17, 15) is 9.59 Å². The Morgan fingerprint density at radius 3 is 2.67 bits per heavy atom. The van der Waals surface area contributed by atoms with Crippen LogP contribution in [0.15, 0.2) is 6.07 Å². The Morgan fingerprint density at radius 1 is 1.43 bits per heavy atom. The number of carbonyl (C=O) groups is 2. The normalized spacial score (nSPS) is 15.7. The molecule has 1 aromatic rings. The van der Waals surface area contributed by atoms with Crippen molar-refractivity contribution >= 4 is 23.2 Å². The van der Waals surface area contributed by atoms with Gasteiger partial charge in [-0.2, -0.15) is 0 Å². The molecular weight excluding hydrogens is 286 g/mol. The van der Waals surface area contributed by atoms with Crippen LogP contribution in [0.3, 0.4) is 0 Å². The van der Waals surface area contributed by atoms with Crippen LogP contribution < -0.4 is 5.32 Å². The Morgan fingerprint density at radius 2 is 2.14 bits per heavy atom. The van der Waals surface area contributed by atoms with Gasteiger partial charge >= 0.3 is 5.97 Å². The van der Waals surface area contributed by atoms with E-state index in [0.717, 1.165) is 25.7 Å². The maximum atomic E-state index is 11.9. The van der Waals surface area contributed by atoms with E-state index in [1.807, 2.05) is 0 Å². The first kappa shape index (κ1) is 16.0. The maximum Gasteiger partial charge on any atom is 0.326 e. The molecule has 1 aliphatic rings. The van der Waals surface area contributed by atoms with Gasteiger partial charge in [-0.3, -0.25) is 4.79 Å². The Kier molecular flexibility index (Phi) is 5.39. The van der Waals surface area contributed by atoms with Crippen molar-refractivity contribution in [1.82, 2.24) is 5.32 Å². The highest BCUT2D eigenvalue weighted by atomic mass is 32.1. The standard InChI is InChI=1S/C16H23NO3S/c1-10-8-13(11(2)21-10)4-3-5-15(18)17-14(16(19)20)9-12-6-7-12/h8,12,14H,3-7,9H2,1-2H3,(H,17,18)(H,19,20). The monoisotopic (exact) mass is 309 g/mol. The molecule has 5 heteroatoms. The summed E-state index contributed by atoms with van der Waals surface area (Å²) in [7, 11) is 0. The van der Waals surface area contributed by atoms with E-state index < -0.39 is 12.0 Å². The first-order valence-electron chi connectivity index (χ1n) is 7.53. The van der Waals surface area contributed by atoms with Gasteiger partial charge in [0.25, 0.3) is 0 Å². The zero-order valence-electron chi connectivity index (χ0n) is 12.6. The molecular formula is C16H23NO3S. The number of carboxylic acids is 1. The lowest BCUT2D eigenvalue weighted by Crippen LogP contribution is -2.41. The lowest BCUT2D eigenvalue weighted by Gasteiger charge is -2.14. The van der Waals surface area contributed by atoms with E-state index in [1.165, 1.54) is 15.3 Å². The van der Waals surface area contributed by atoms with Gasteiger partial charge in [0.1, 0.15) is 6.04 Å². The first-order chi connectivity index (χ1) is 9.95. The van der Waals surface area contributed by atoms with Gasteiger partial charge in [-0.15, -0.1) is 11.3 Å². The minimum atomic E-state index is -0.917. The zero-order chi connectivity index (χ0) is 15.4. The molecule has 21 heavy (non-hydrogen) atoms. The van der Waals surface area contributed by atoms with Crippen LogP contribution in [-0.4, -0.2) is 23.0 Å². The average Bonchev–Trinajstić information content (AvgIpc) is 3.14. The van der Waals surface area contributed by atoms with E-state index in [1.54, 1.807) is 11.3 Å². The van der Waals surface area contributed by atoms with Gasteiger partial charge in [-0.05, 0) is 50.7 Å². The van der Waals surface area contributed by atoms with Crippen molar-refractivity contribution < 1.29 is 14.7 Å². The molecule has 2 N–H and O–H groups in total. The Balaban J connectivity index is 1.73. The van der Waals surface area contributed by atoms with Crippen LogP contribution in [0.1, 0.15) is 47.4 Å². The molecule has 1 amide bonds. The number of hydrogen-bond acceptors (Lipinski definition) is 3. The lowest BCUT2D eigenvalue weighted by atomic mass is 10.1. The van der Waals surface area contributed by atoms with Crippen LogP contribution in [0, 0.1) is 19.8 Å².